The molecule has 0 aliphatic rings. The average Bonchev–Trinajstić information content (AvgIpc) is 2.86. The third-order valence-corrected chi connectivity index (χ3v) is 4.18. The Kier molecular flexibility index (Phi) is 3.95. The zero-order valence-corrected chi connectivity index (χ0v) is 13.1. The van der Waals surface area contributed by atoms with Gasteiger partial charge >= 0.3 is 6.18 Å². The Bertz CT molecular complexity index is 964. The zero-order valence-electron chi connectivity index (χ0n) is 12.3. The van der Waals surface area contributed by atoms with E-state index in [0.717, 1.165) is 17.5 Å². The summed E-state index contributed by atoms with van der Waals surface area (Å²) in [6, 6.07) is 6.55. The van der Waals surface area contributed by atoms with Gasteiger partial charge in [-0.1, -0.05) is 17.8 Å². The van der Waals surface area contributed by atoms with Gasteiger partial charge in [0, 0.05) is 17.5 Å². The smallest absolute Gasteiger partial charge is 0.335 e. The van der Waals surface area contributed by atoms with Gasteiger partial charge in [0.2, 0.25) is 5.16 Å². The molecule has 126 valence electrons. The zero-order chi connectivity index (χ0) is 17.5. The molecule has 24 heavy (non-hydrogen) atoms. The van der Waals surface area contributed by atoms with E-state index < -0.39 is 12.0 Å². The summed E-state index contributed by atoms with van der Waals surface area (Å²) in [5.41, 5.74) is 1.34. The fourth-order valence-corrected chi connectivity index (χ4v) is 2.89. The largest absolute Gasteiger partial charge is 0.453 e. The predicted molar refractivity (Wildman–Crippen MR) is 80.9 cm³/mol. The normalized spacial score (nSPS) is 12.0. The molecule has 0 aliphatic heterocycles. The monoisotopic (exact) mass is 356 g/mol. The van der Waals surface area contributed by atoms with Gasteiger partial charge in [0.15, 0.2) is 0 Å². The molecular weight excluding hydrogens is 345 g/mol. The van der Waals surface area contributed by atoms with E-state index in [1.54, 1.807) is 25.1 Å². The van der Waals surface area contributed by atoms with Gasteiger partial charge in [-0.25, -0.2) is 9.66 Å². The molecule has 3 rings (SSSR count). The van der Waals surface area contributed by atoms with Crippen LogP contribution in [0.15, 0.2) is 34.2 Å². The summed E-state index contributed by atoms with van der Waals surface area (Å²) in [4.78, 5) is 16.5. The highest BCUT2D eigenvalue weighted by molar-refractivity contribution is 7.98. The topological polar surface area (TPSA) is 91.1 Å². The van der Waals surface area contributed by atoms with Crippen molar-refractivity contribution in [3.63, 3.8) is 0 Å². The van der Waals surface area contributed by atoms with Gasteiger partial charge in [0.05, 0.1) is 5.69 Å². The van der Waals surface area contributed by atoms with E-state index in [0.29, 0.717) is 16.0 Å². The minimum absolute atomic E-state index is 0.117. The van der Waals surface area contributed by atoms with Gasteiger partial charge in [0.25, 0.3) is 11.4 Å². The highest BCUT2D eigenvalue weighted by Gasteiger charge is 2.38. The molecule has 0 fully saturated rings. The number of rotatable bonds is 3. The number of thioether (sulfide) groups is 1. The van der Waals surface area contributed by atoms with Gasteiger partial charge in [-0.05, 0) is 19.1 Å². The number of hydrogen-bond donors (Lipinski definition) is 1. The Morgan fingerprint density at radius 3 is 2.71 bits per heavy atom. The fraction of sp³-hybridized carbons (Fsp3) is 0.231. The molecule has 0 saturated heterocycles. The summed E-state index contributed by atoms with van der Waals surface area (Å²) in [5.74, 6) is 4.21. The van der Waals surface area contributed by atoms with E-state index >= 15 is 0 Å². The van der Waals surface area contributed by atoms with Crippen molar-refractivity contribution in [2.45, 2.75) is 24.0 Å². The molecule has 2 N–H and O–H groups in total. The second-order valence-corrected chi connectivity index (χ2v) is 5.85. The van der Waals surface area contributed by atoms with E-state index in [1.165, 1.54) is 10.5 Å². The minimum atomic E-state index is -4.68. The van der Waals surface area contributed by atoms with Gasteiger partial charge in [-0.3, -0.25) is 9.20 Å². The summed E-state index contributed by atoms with van der Waals surface area (Å²) in [7, 11) is 0. The first kappa shape index (κ1) is 16.3. The number of aromatic nitrogens is 5. The lowest BCUT2D eigenvalue weighted by Gasteiger charge is -2.07. The van der Waals surface area contributed by atoms with Crippen molar-refractivity contribution in [3.05, 3.63) is 51.8 Å². The predicted octanol–water partition coefficient (Wildman–Crippen LogP) is 1.62. The van der Waals surface area contributed by atoms with Crippen LogP contribution in [0.3, 0.4) is 0 Å². The molecular formula is C13H11F3N6OS. The molecule has 0 aliphatic carbocycles. The van der Waals surface area contributed by atoms with Crippen LogP contribution in [0.4, 0.5) is 13.2 Å². The van der Waals surface area contributed by atoms with Crippen LogP contribution in [0.1, 0.15) is 17.2 Å². The van der Waals surface area contributed by atoms with Crippen LogP contribution in [0.5, 0.6) is 0 Å². The first-order valence-corrected chi connectivity index (χ1v) is 7.65. The lowest BCUT2D eigenvalue weighted by atomic mass is 10.3. The van der Waals surface area contributed by atoms with Crippen molar-refractivity contribution in [1.29, 1.82) is 0 Å². The summed E-state index contributed by atoms with van der Waals surface area (Å²) in [6.07, 6.45) is -4.68. The Morgan fingerprint density at radius 1 is 1.29 bits per heavy atom. The maximum atomic E-state index is 12.6. The summed E-state index contributed by atoms with van der Waals surface area (Å²) < 4.78 is 39.7. The van der Waals surface area contributed by atoms with E-state index in [9.17, 15) is 18.0 Å². The van der Waals surface area contributed by atoms with Gasteiger partial charge in [-0.15, -0.1) is 10.2 Å². The number of hydrogen-bond acceptors (Lipinski definition) is 6. The number of nitrogens with zero attached hydrogens (tertiary/aromatic N) is 5. The fourth-order valence-electron chi connectivity index (χ4n) is 2.14. The molecule has 0 aromatic carbocycles. The van der Waals surface area contributed by atoms with Crippen LogP contribution >= 0.6 is 11.8 Å². The molecule has 0 radical (unpaired) electrons. The van der Waals surface area contributed by atoms with E-state index in [-0.39, 0.29) is 16.5 Å². The molecule has 0 amide bonds. The number of alkyl halides is 3. The molecule has 7 nitrogen and oxygen atoms in total. The van der Waals surface area contributed by atoms with Crippen LogP contribution in [-0.2, 0) is 11.9 Å². The first-order valence-electron chi connectivity index (χ1n) is 6.66. The van der Waals surface area contributed by atoms with Gasteiger partial charge in [-0.2, -0.15) is 13.2 Å². The Hall–Kier alpha value is -2.56. The number of pyridine rings is 1. The molecule has 0 saturated carbocycles. The number of nitrogen functional groups attached to an aromatic ring is 1. The molecule has 11 heteroatoms. The van der Waals surface area contributed by atoms with Crippen LogP contribution in [0.25, 0.3) is 5.65 Å². The number of nitrogens with two attached hydrogens (primary N) is 1. The molecule has 3 heterocycles. The lowest BCUT2D eigenvalue weighted by Crippen LogP contribution is -2.21. The molecule has 0 atom stereocenters. The Morgan fingerprint density at radius 2 is 2.04 bits per heavy atom. The van der Waals surface area contributed by atoms with Gasteiger partial charge < -0.3 is 5.84 Å². The molecule has 0 spiro atoms. The number of fused-ring (bicyclic) bond motifs is 1. The molecule has 0 bridgehead atoms. The van der Waals surface area contributed by atoms with E-state index in [1.807, 2.05) is 0 Å². The van der Waals surface area contributed by atoms with Gasteiger partial charge in [0.1, 0.15) is 5.65 Å². The number of aryl methyl sites for hydroxylation is 1. The third kappa shape index (κ3) is 2.94. The highest BCUT2D eigenvalue weighted by Crippen LogP contribution is 2.29. The second-order valence-electron chi connectivity index (χ2n) is 4.91. The maximum Gasteiger partial charge on any atom is 0.453 e. The SMILES string of the molecule is Cc1cccc2nc(CSc3nnc(C(F)(F)F)n3N)cc(=O)n12. The van der Waals surface area contributed by atoms with Crippen LogP contribution in [0.2, 0.25) is 0 Å². The Labute approximate surface area is 137 Å². The standard InChI is InChI=1S/C13H11F3N6OS/c1-7-3-2-4-9-18-8(5-10(23)21(7)9)6-24-12-20-19-11(22(12)17)13(14,15)16/h2-5H,6,17H2,1H3. The minimum Gasteiger partial charge on any atom is -0.335 e. The van der Waals surface area contributed by atoms with Crippen molar-refractivity contribution in [3.8, 4) is 0 Å². The number of halogens is 3. The second kappa shape index (κ2) is 5.82. The van der Waals surface area contributed by atoms with Crippen molar-refractivity contribution in [2.24, 2.45) is 0 Å². The van der Waals surface area contributed by atoms with E-state index in [4.69, 9.17) is 5.84 Å². The molecule has 3 aromatic rings. The average molecular weight is 356 g/mol. The van der Waals surface area contributed by atoms with Crippen LogP contribution in [0, 0.1) is 6.92 Å². The summed E-state index contributed by atoms with van der Waals surface area (Å²) in [6.45, 7) is 1.78. The molecule has 0 unspecified atom stereocenters. The van der Waals surface area contributed by atoms with E-state index in [2.05, 4.69) is 15.2 Å². The Balaban J connectivity index is 1.87. The van der Waals surface area contributed by atoms with Crippen molar-refractivity contribution in [2.75, 3.05) is 5.84 Å². The first-order chi connectivity index (χ1) is 11.3. The maximum absolute atomic E-state index is 12.6. The van der Waals surface area contributed by atoms with Crippen molar-refractivity contribution >= 4 is 17.4 Å². The summed E-state index contributed by atoms with van der Waals surface area (Å²) in [5, 5.41) is 6.33. The van der Waals surface area contributed by atoms with Crippen molar-refractivity contribution in [1.82, 2.24) is 24.3 Å². The third-order valence-electron chi connectivity index (χ3n) is 3.20. The van der Waals surface area contributed by atoms with Crippen molar-refractivity contribution < 1.29 is 13.2 Å². The summed E-state index contributed by atoms with van der Waals surface area (Å²) >= 11 is 0.912. The van der Waals surface area contributed by atoms with Crippen LogP contribution in [-0.4, -0.2) is 24.3 Å². The van der Waals surface area contributed by atoms with Crippen LogP contribution < -0.4 is 11.4 Å². The quantitative estimate of drug-likeness (QED) is 0.566. The lowest BCUT2D eigenvalue weighted by molar-refractivity contribution is -0.146. The molecule has 3 aromatic heterocycles. The highest BCUT2D eigenvalue weighted by atomic mass is 32.2.